The second-order valence-corrected chi connectivity index (χ2v) is 6.52. The molecule has 0 saturated heterocycles. The molecule has 0 aromatic heterocycles. The summed E-state index contributed by atoms with van der Waals surface area (Å²) in [5, 5.41) is 3.86. The smallest absolute Gasteiger partial charge is 0.119 e. The third kappa shape index (κ3) is 1.53. The van der Waals surface area contributed by atoms with Crippen molar-refractivity contribution >= 4 is 5.69 Å². The molecule has 2 aromatic carbocycles. The number of benzene rings is 2. The van der Waals surface area contributed by atoms with Crippen LogP contribution in [0.3, 0.4) is 0 Å². The molecule has 1 heterocycles. The Morgan fingerprint density at radius 2 is 2.00 bits per heavy atom. The average molecular weight is 279 g/mol. The monoisotopic (exact) mass is 279 g/mol. The Morgan fingerprint density at radius 3 is 2.76 bits per heavy atom. The highest BCUT2D eigenvalue weighted by Crippen LogP contribution is 2.59. The Balaban J connectivity index is 1.91. The van der Waals surface area contributed by atoms with Crippen molar-refractivity contribution in [2.24, 2.45) is 5.92 Å². The standard InChI is InChI=1S/C19H21NO/c1-12(2)19-16-7-5-4-6-13(16)10-17(19)15-11-14(21-3)8-9-18(15)20-19/h4-9,11-12,17,20H,10H2,1-3H3/t17-,19-/m1/s1. The van der Waals surface area contributed by atoms with E-state index in [1.165, 1.54) is 22.4 Å². The van der Waals surface area contributed by atoms with Gasteiger partial charge in [-0.3, -0.25) is 0 Å². The van der Waals surface area contributed by atoms with Crippen LogP contribution in [0, 0.1) is 5.92 Å². The van der Waals surface area contributed by atoms with E-state index in [2.05, 4.69) is 55.6 Å². The van der Waals surface area contributed by atoms with Crippen LogP contribution in [0.5, 0.6) is 5.75 Å². The van der Waals surface area contributed by atoms with Crippen LogP contribution in [-0.4, -0.2) is 7.11 Å². The number of fused-ring (bicyclic) bond motifs is 5. The van der Waals surface area contributed by atoms with Gasteiger partial charge in [0, 0.05) is 11.6 Å². The van der Waals surface area contributed by atoms with Gasteiger partial charge in [0.05, 0.1) is 12.6 Å². The quantitative estimate of drug-likeness (QED) is 0.884. The largest absolute Gasteiger partial charge is 0.497 e. The van der Waals surface area contributed by atoms with Crippen molar-refractivity contribution in [2.45, 2.75) is 31.7 Å². The number of rotatable bonds is 2. The maximum atomic E-state index is 5.43. The van der Waals surface area contributed by atoms with Crippen molar-refractivity contribution in [1.29, 1.82) is 0 Å². The molecule has 0 radical (unpaired) electrons. The first-order valence-corrected chi connectivity index (χ1v) is 7.71. The Bertz CT molecular complexity index is 706. The number of hydrogen-bond acceptors (Lipinski definition) is 2. The average Bonchev–Trinajstić information content (AvgIpc) is 2.99. The molecule has 0 spiro atoms. The summed E-state index contributed by atoms with van der Waals surface area (Å²) in [4.78, 5) is 0. The first kappa shape index (κ1) is 12.8. The minimum atomic E-state index is 0.0330. The molecule has 2 aromatic rings. The molecule has 21 heavy (non-hydrogen) atoms. The Kier molecular flexibility index (Phi) is 2.59. The maximum Gasteiger partial charge on any atom is 0.119 e. The van der Waals surface area contributed by atoms with Crippen LogP contribution in [0.4, 0.5) is 5.69 Å². The molecular formula is C19H21NO. The fourth-order valence-electron chi connectivity index (χ4n) is 4.33. The van der Waals surface area contributed by atoms with Crippen LogP contribution in [0.25, 0.3) is 0 Å². The van der Waals surface area contributed by atoms with Crippen molar-refractivity contribution in [3.63, 3.8) is 0 Å². The highest BCUT2D eigenvalue weighted by molar-refractivity contribution is 5.68. The lowest BCUT2D eigenvalue weighted by atomic mass is 9.75. The van der Waals surface area contributed by atoms with Gasteiger partial charge in [0.1, 0.15) is 5.75 Å². The molecule has 1 aliphatic heterocycles. The van der Waals surface area contributed by atoms with Crippen molar-refractivity contribution in [3.8, 4) is 5.75 Å². The molecule has 0 saturated carbocycles. The van der Waals surface area contributed by atoms with Gasteiger partial charge in [-0.25, -0.2) is 0 Å². The summed E-state index contributed by atoms with van der Waals surface area (Å²) in [5.41, 5.74) is 5.66. The molecule has 0 amide bonds. The fraction of sp³-hybridized carbons (Fsp3) is 0.368. The topological polar surface area (TPSA) is 21.3 Å². The molecule has 1 N–H and O–H groups in total. The Morgan fingerprint density at radius 1 is 1.19 bits per heavy atom. The summed E-state index contributed by atoms with van der Waals surface area (Å²) in [5.74, 6) is 1.98. The predicted molar refractivity (Wildman–Crippen MR) is 86.0 cm³/mol. The molecule has 2 aliphatic rings. The zero-order valence-electron chi connectivity index (χ0n) is 12.8. The summed E-state index contributed by atoms with van der Waals surface area (Å²) in [6, 6.07) is 15.3. The lowest BCUT2D eigenvalue weighted by Gasteiger charge is -2.36. The van der Waals surface area contributed by atoms with Gasteiger partial charge in [0.2, 0.25) is 0 Å². The van der Waals surface area contributed by atoms with Gasteiger partial charge in [-0.1, -0.05) is 38.1 Å². The van der Waals surface area contributed by atoms with Crippen molar-refractivity contribution in [3.05, 3.63) is 59.2 Å². The van der Waals surface area contributed by atoms with E-state index in [9.17, 15) is 0 Å². The second-order valence-electron chi connectivity index (χ2n) is 6.52. The van der Waals surface area contributed by atoms with Crippen LogP contribution in [0.2, 0.25) is 0 Å². The van der Waals surface area contributed by atoms with Gasteiger partial charge in [-0.05, 0) is 47.2 Å². The van der Waals surface area contributed by atoms with Crippen molar-refractivity contribution < 1.29 is 4.74 Å². The minimum absolute atomic E-state index is 0.0330. The molecule has 4 rings (SSSR count). The fourth-order valence-corrected chi connectivity index (χ4v) is 4.33. The predicted octanol–water partition coefficient (Wildman–Crippen LogP) is 4.31. The van der Waals surface area contributed by atoms with Crippen LogP contribution in [-0.2, 0) is 12.0 Å². The summed E-state index contributed by atoms with van der Waals surface area (Å²) in [6.07, 6.45) is 1.11. The first-order valence-electron chi connectivity index (χ1n) is 7.71. The lowest BCUT2D eigenvalue weighted by molar-refractivity contribution is 0.325. The third-order valence-corrected chi connectivity index (χ3v) is 5.32. The highest BCUT2D eigenvalue weighted by Gasteiger charge is 2.53. The SMILES string of the molecule is COc1ccc2c(c1)[C@H]1Cc3ccccc3[C@@]1(C(C)C)N2. The number of anilines is 1. The molecule has 2 nitrogen and oxygen atoms in total. The van der Waals surface area contributed by atoms with E-state index >= 15 is 0 Å². The molecule has 2 heteroatoms. The van der Waals surface area contributed by atoms with E-state index in [1.807, 2.05) is 6.07 Å². The highest BCUT2D eigenvalue weighted by atomic mass is 16.5. The van der Waals surface area contributed by atoms with Crippen LogP contribution >= 0.6 is 0 Å². The molecular weight excluding hydrogens is 258 g/mol. The summed E-state index contributed by atoms with van der Waals surface area (Å²) in [7, 11) is 1.74. The molecule has 0 bridgehead atoms. The zero-order chi connectivity index (χ0) is 14.6. The van der Waals surface area contributed by atoms with E-state index in [0.717, 1.165) is 12.2 Å². The molecule has 108 valence electrons. The molecule has 0 fully saturated rings. The van der Waals surface area contributed by atoms with Gasteiger partial charge in [0.15, 0.2) is 0 Å². The normalized spacial score (nSPS) is 25.2. The molecule has 2 atom stereocenters. The van der Waals surface area contributed by atoms with Gasteiger partial charge >= 0.3 is 0 Å². The van der Waals surface area contributed by atoms with Gasteiger partial charge in [0.25, 0.3) is 0 Å². The van der Waals surface area contributed by atoms with E-state index < -0.39 is 0 Å². The zero-order valence-corrected chi connectivity index (χ0v) is 12.8. The second kappa shape index (κ2) is 4.27. The maximum absolute atomic E-state index is 5.43. The van der Waals surface area contributed by atoms with E-state index in [4.69, 9.17) is 4.74 Å². The van der Waals surface area contributed by atoms with Crippen molar-refractivity contribution in [1.82, 2.24) is 0 Å². The van der Waals surface area contributed by atoms with E-state index in [1.54, 1.807) is 7.11 Å². The lowest BCUT2D eigenvalue weighted by Crippen LogP contribution is -2.39. The summed E-state index contributed by atoms with van der Waals surface area (Å²) in [6.45, 7) is 4.65. The Labute approximate surface area is 126 Å². The number of ether oxygens (including phenoxy) is 1. The van der Waals surface area contributed by atoms with Gasteiger partial charge in [-0.15, -0.1) is 0 Å². The summed E-state index contributed by atoms with van der Waals surface area (Å²) >= 11 is 0. The third-order valence-electron chi connectivity index (χ3n) is 5.32. The number of methoxy groups -OCH3 is 1. The van der Waals surface area contributed by atoms with Crippen molar-refractivity contribution in [2.75, 3.05) is 12.4 Å². The van der Waals surface area contributed by atoms with Crippen LogP contribution < -0.4 is 10.1 Å². The minimum Gasteiger partial charge on any atom is -0.497 e. The van der Waals surface area contributed by atoms with Crippen LogP contribution in [0.15, 0.2) is 42.5 Å². The molecule has 0 unspecified atom stereocenters. The first-order chi connectivity index (χ1) is 10.2. The number of nitrogens with one attached hydrogen (secondary N) is 1. The number of hydrogen-bond donors (Lipinski definition) is 1. The van der Waals surface area contributed by atoms with Gasteiger partial charge < -0.3 is 10.1 Å². The van der Waals surface area contributed by atoms with E-state index in [-0.39, 0.29) is 5.54 Å². The molecule has 1 aliphatic carbocycles. The van der Waals surface area contributed by atoms with E-state index in [0.29, 0.717) is 11.8 Å². The Hall–Kier alpha value is -1.96. The van der Waals surface area contributed by atoms with Crippen LogP contribution in [0.1, 0.15) is 36.5 Å². The van der Waals surface area contributed by atoms with Gasteiger partial charge in [-0.2, -0.15) is 0 Å². The summed E-state index contributed by atoms with van der Waals surface area (Å²) < 4.78 is 5.43.